The number of nitrogens with zero attached hydrogens (tertiary/aromatic N) is 1. The lowest BCUT2D eigenvalue weighted by Crippen LogP contribution is -2.36. The van der Waals surface area contributed by atoms with Crippen LogP contribution < -0.4 is 4.31 Å². The van der Waals surface area contributed by atoms with Gasteiger partial charge in [0.25, 0.3) is 10.0 Å². The molecular formula is C16H15BrFNO4S2. The summed E-state index contributed by atoms with van der Waals surface area (Å²) in [6.07, 6.45) is 1.87. The maximum absolute atomic E-state index is 14.3. The highest BCUT2D eigenvalue weighted by Crippen LogP contribution is 2.29. The first-order valence-electron chi connectivity index (χ1n) is 6.98. The third kappa shape index (κ3) is 4.53. The van der Waals surface area contributed by atoms with Crippen molar-refractivity contribution in [2.24, 2.45) is 0 Å². The zero-order valence-electron chi connectivity index (χ0n) is 13.4. The average Bonchev–Trinajstić information content (AvgIpc) is 2.60. The molecule has 0 bridgehead atoms. The Labute approximate surface area is 158 Å². The summed E-state index contributed by atoms with van der Waals surface area (Å²) >= 11 is 4.58. The van der Waals surface area contributed by atoms with E-state index in [1.165, 1.54) is 36.0 Å². The summed E-state index contributed by atoms with van der Waals surface area (Å²) < 4.78 is 45.9. The van der Waals surface area contributed by atoms with Crippen molar-refractivity contribution in [2.75, 3.05) is 24.2 Å². The molecular weight excluding hydrogens is 433 g/mol. The van der Waals surface area contributed by atoms with Gasteiger partial charge in [-0.1, -0.05) is 15.9 Å². The van der Waals surface area contributed by atoms with Crippen molar-refractivity contribution in [1.29, 1.82) is 0 Å². The number of methoxy groups -OCH3 is 1. The van der Waals surface area contributed by atoms with Gasteiger partial charge >= 0.3 is 5.97 Å². The van der Waals surface area contributed by atoms with Gasteiger partial charge in [0.05, 0.1) is 17.7 Å². The number of halogens is 2. The molecule has 0 aliphatic heterocycles. The quantitative estimate of drug-likeness (QED) is 0.499. The minimum atomic E-state index is -4.15. The first-order valence-corrected chi connectivity index (χ1v) is 10.4. The Balaban J connectivity index is 2.54. The van der Waals surface area contributed by atoms with Crippen molar-refractivity contribution in [1.82, 2.24) is 0 Å². The standard InChI is InChI=1S/C16H15BrFNO4S2/c1-23-16(20)10-19(15-8-3-11(17)9-14(15)18)25(21,22)13-6-4-12(24-2)5-7-13/h3-9H,10H2,1-2H3. The number of anilines is 1. The highest BCUT2D eigenvalue weighted by molar-refractivity contribution is 9.10. The number of carbonyl (C=O) groups excluding carboxylic acids is 1. The largest absolute Gasteiger partial charge is 0.468 e. The van der Waals surface area contributed by atoms with Gasteiger partial charge in [0.2, 0.25) is 0 Å². The Morgan fingerprint density at radius 2 is 1.88 bits per heavy atom. The van der Waals surface area contributed by atoms with Crippen LogP contribution in [0.25, 0.3) is 0 Å². The number of hydrogen-bond donors (Lipinski definition) is 0. The zero-order chi connectivity index (χ0) is 18.6. The third-order valence-electron chi connectivity index (χ3n) is 3.33. The fraction of sp³-hybridized carbons (Fsp3) is 0.188. The maximum Gasteiger partial charge on any atom is 0.326 e. The smallest absolute Gasteiger partial charge is 0.326 e. The molecule has 5 nitrogen and oxygen atoms in total. The number of rotatable bonds is 6. The second-order valence-electron chi connectivity index (χ2n) is 4.86. The van der Waals surface area contributed by atoms with Gasteiger partial charge in [0.15, 0.2) is 0 Å². The Hall–Kier alpha value is -1.58. The molecule has 0 fully saturated rings. The van der Waals surface area contributed by atoms with Gasteiger partial charge in [-0.05, 0) is 48.7 Å². The maximum atomic E-state index is 14.3. The average molecular weight is 448 g/mol. The lowest BCUT2D eigenvalue weighted by atomic mass is 10.3. The highest BCUT2D eigenvalue weighted by atomic mass is 79.9. The molecule has 0 radical (unpaired) electrons. The molecule has 0 N–H and O–H groups in total. The number of esters is 1. The highest BCUT2D eigenvalue weighted by Gasteiger charge is 2.29. The van der Waals surface area contributed by atoms with Gasteiger partial charge in [-0.15, -0.1) is 11.8 Å². The molecule has 0 atom stereocenters. The number of benzene rings is 2. The van der Waals surface area contributed by atoms with E-state index in [1.807, 2.05) is 6.26 Å². The fourth-order valence-electron chi connectivity index (χ4n) is 2.04. The molecule has 2 aromatic carbocycles. The first-order chi connectivity index (χ1) is 11.8. The van der Waals surface area contributed by atoms with E-state index in [0.717, 1.165) is 18.1 Å². The molecule has 9 heteroatoms. The minimum Gasteiger partial charge on any atom is -0.468 e. The van der Waals surface area contributed by atoms with E-state index in [1.54, 1.807) is 12.1 Å². The van der Waals surface area contributed by atoms with E-state index in [0.29, 0.717) is 8.78 Å². The molecule has 0 heterocycles. The summed E-state index contributed by atoms with van der Waals surface area (Å²) in [7, 11) is -3.01. The van der Waals surface area contributed by atoms with Crippen LogP contribution in [0.15, 0.2) is 56.7 Å². The molecule has 2 rings (SSSR count). The number of thioether (sulfide) groups is 1. The summed E-state index contributed by atoms with van der Waals surface area (Å²) in [4.78, 5) is 12.5. The first kappa shape index (κ1) is 19.7. The van der Waals surface area contributed by atoms with Crippen LogP contribution >= 0.6 is 27.7 Å². The topological polar surface area (TPSA) is 63.7 Å². The Bertz CT molecular complexity index is 872. The van der Waals surface area contributed by atoms with Crippen molar-refractivity contribution >= 4 is 49.4 Å². The van der Waals surface area contributed by atoms with Crippen molar-refractivity contribution in [3.63, 3.8) is 0 Å². The Kier molecular flexibility index (Phi) is 6.47. The molecule has 25 heavy (non-hydrogen) atoms. The Morgan fingerprint density at radius 3 is 2.40 bits per heavy atom. The van der Waals surface area contributed by atoms with Gasteiger partial charge in [0, 0.05) is 9.37 Å². The lowest BCUT2D eigenvalue weighted by molar-refractivity contribution is -0.138. The van der Waals surface area contributed by atoms with Crippen LogP contribution in [0.1, 0.15) is 0 Å². The van der Waals surface area contributed by atoms with E-state index >= 15 is 0 Å². The molecule has 0 amide bonds. The molecule has 2 aromatic rings. The summed E-state index contributed by atoms with van der Waals surface area (Å²) in [6.45, 7) is -0.637. The van der Waals surface area contributed by atoms with Crippen molar-refractivity contribution in [3.8, 4) is 0 Å². The Morgan fingerprint density at radius 1 is 1.24 bits per heavy atom. The van der Waals surface area contributed by atoms with Crippen molar-refractivity contribution in [3.05, 3.63) is 52.8 Å². The van der Waals surface area contributed by atoms with Crippen LogP contribution in [0, 0.1) is 5.82 Å². The molecule has 0 aromatic heterocycles. The SMILES string of the molecule is COC(=O)CN(c1ccc(Br)cc1F)S(=O)(=O)c1ccc(SC)cc1. The normalized spacial score (nSPS) is 11.2. The van der Waals surface area contributed by atoms with E-state index in [2.05, 4.69) is 20.7 Å². The summed E-state index contributed by atoms with van der Waals surface area (Å²) in [5, 5.41) is 0. The van der Waals surface area contributed by atoms with Gasteiger partial charge in [0.1, 0.15) is 12.4 Å². The van der Waals surface area contributed by atoms with Crippen LogP contribution in [0.3, 0.4) is 0 Å². The van der Waals surface area contributed by atoms with Gasteiger partial charge in [-0.3, -0.25) is 9.10 Å². The van der Waals surface area contributed by atoms with Gasteiger partial charge in [-0.2, -0.15) is 0 Å². The summed E-state index contributed by atoms with van der Waals surface area (Å²) in [6, 6.07) is 10.0. The van der Waals surface area contributed by atoms with Crippen LogP contribution in [0.2, 0.25) is 0 Å². The van der Waals surface area contributed by atoms with E-state index in [4.69, 9.17) is 0 Å². The number of ether oxygens (including phenoxy) is 1. The van der Waals surface area contributed by atoms with Crippen LogP contribution in [0.5, 0.6) is 0 Å². The second-order valence-corrected chi connectivity index (χ2v) is 8.52. The molecule has 0 aliphatic carbocycles. The molecule has 134 valence electrons. The summed E-state index contributed by atoms with van der Waals surface area (Å²) in [5.74, 6) is -1.57. The monoisotopic (exact) mass is 447 g/mol. The molecule has 0 aliphatic rings. The molecule has 0 saturated carbocycles. The lowest BCUT2D eigenvalue weighted by Gasteiger charge is -2.24. The number of sulfonamides is 1. The van der Waals surface area contributed by atoms with Gasteiger partial charge < -0.3 is 4.74 Å². The van der Waals surface area contributed by atoms with E-state index < -0.39 is 28.4 Å². The second kappa shape index (κ2) is 8.20. The van der Waals surface area contributed by atoms with Crippen LogP contribution in [-0.4, -0.2) is 34.3 Å². The number of carbonyl (C=O) groups is 1. The predicted molar refractivity (Wildman–Crippen MR) is 98.9 cm³/mol. The fourth-order valence-corrected chi connectivity index (χ4v) is 4.20. The van der Waals surface area contributed by atoms with Crippen LogP contribution in [-0.2, 0) is 19.6 Å². The number of hydrogen-bond acceptors (Lipinski definition) is 5. The predicted octanol–water partition coefficient (Wildman–Crippen LogP) is 3.68. The minimum absolute atomic E-state index is 0.0449. The molecule has 0 spiro atoms. The van der Waals surface area contributed by atoms with Crippen molar-refractivity contribution in [2.45, 2.75) is 9.79 Å². The zero-order valence-corrected chi connectivity index (χ0v) is 16.6. The van der Waals surface area contributed by atoms with Crippen LogP contribution in [0.4, 0.5) is 10.1 Å². The van der Waals surface area contributed by atoms with Crippen molar-refractivity contribution < 1.29 is 22.3 Å². The third-order valence-corrected chi connectivity index (χ3v) is 6.34. The van der Waals surface area contributed by atoms with Gasteiger partial charge in [-0.25, -0.2) is 12.8 Å². The summed E-state index contributed by atoms with van der Waals surface area (Å²) in [5.41, 5.74) is -0.234. The molecule has 0 unspecified atom stereocenters. The molecule has 0 saturated heterocycles. The van der Waals surface area contributed by atoms with E-state index in [-0.39, 0.29) is 10.6 Å². The van der Waals surface area contributed by atoms with E-state index in [9.17, 15) is 17.6 Å².